The van der Waals surface area contributed by atoms with Crippen molar-refractivity contribution in [3.05, 3.63) is 0 Å². The molecule has 0 aromatic heterocycles. The zero-order valence-corrected chi connectivity index (χ0v) is 8.11. The molecule has 0 saturated carbocycles. The summed E-state index contributed by atoms with van der Waals surface area (Å²) in [4.78, 5) is 0. The molecule has 5 heteroatoms. The Morgan fingerprint density at radius 2 is 1.85 bits per heavy atom. The number of nitrogens with one attached hydrogen (secondary N) is 1. The van der Waals surface area contributed by atoms with Crippen molar-refractivity contribution in [2.24, 2.45) is 5.92 Å². The van der Waals surface area contributed by atoms with Crippen molar-refractivity contribution in [1.29, 1.82) is 0 Å². The second-order valence-electron chi connectivity index (χ2n) is 3.35. The molecule has 0 spiro atoms. The highest BCUT2D eigenvalue weighted by Crippen LogP contribution is 2.20. The lowest BCUT2D eigenvalue weighted by atomic mass is 10.2. The molecule has 0 rings (SSSR count). The van der Waals surface area contributed by atoms with E-state index in [2.05, 4.69) is 10.1 Å². The Balaban J connectivity index is 3.95. The van der Waals surface area contributed by atoms with Crippen LogP contribution in [0.1, 0.15) is 13.8 Å². The van der Waals surface area contributed by atoms with Crippen molar-refractivity contribution < 1.29 is 17.9 Å². The van der Waals surface area contributed by atoms with Gasteiger partial charge < -0.3 is 10.1 Å². The van der Waals surface area contributed by atoms with Crippen LogP contribution in [0.4, 0.5) is 13.2 Å². The van der Waals surface area contributed by atoms with Gasteiger partial charge in [-0.3, -0.25) is 0 Å². The first-order valence-corrected chi connectivity index (χ1v) is 4.17. The maximum atomic E-state index is 12.2. The molecule has 80 valence electrons. The van der Waals surface area contributed by atoms with Crippen molar-refractivity contribution in [2.75, 3.05) is 20.3 Å². The summed E-state index contributed by atoms with van der Waals surface area (Å²) in [6, 6.07) is -1.56. The highest BCUT2D eigenvalue weighted by molar-refractivity contribution is 4.74. The van der Waals surface area contributed by atoms with Gasteiger partial charge in [-0.2, -0.15) is 13.2 Å². The van der Waals surface area contributed by atoms with Crippen LogP contribution in [0, 0.1) is 5.92 Å². The van der Waals surface area contributed by atoms with Gasteiger partial charge in [-0.25, -0.2) is 0 Å². The highest BCUT2D eigenvalue weighted by atomic mass is 19.4. The normalized spacial score (nSPS) is 15.0. The van der Waals surface area contributed by atoms with Gasteiger partial charge >= 0.3 is 6.18 Å². The summed E-state index contributed by atoms with van der Waals surface area (Å²) < 4.78 is 41.1. The molecule has 0 amide bonds. The topological polar surface area (TPSA) is 21.3 Å². The van der Waals surface area contributed by atoms with Crippen molar-refractivity contribution in [3.8, 4) is 0 Å². The molecular formula is C8H16F3NO. The van der Waals surface area contributed by atoms with E-state index in [9.17, 15) is 13.2 Å². The lowest BCUT2D eigenvalue weighted by Gasteiger charge is -2.21. The van der Waals surface area contributed by atoms with E-state index < -0.39 is 12.2 Å². The Bertz CT molecular complexity index is 136. The molecule has 0 aliphatic carbocycles. The summed E-state index contributed by atoms with van der Waals surface area (Å²) in [5.74, 6) is 0.196. The highest BCUT2D eigenvalue weighted by Gasteiger charge is 2.39. The average molecular weight is 199 g/mol. The van der Waals surface area contributed by atoms with E-state index in [-0.39, 0.29) is 12.5 Å². The van der Waals surface area contributed by atoms with Gasteiger partial charge in [0, 0.05) is 7.11 Å². The third-order valence-corrected chi connectivity index (χ3v) is 1.50. The van der Waals surface area contributed by atoms with Crippen LogP contribution in [-0.2, 0) is 4.74 Å². The van der Waals surface area contributed by atoms with Crippen LogP contribution in [0.2, 0.25) is 0 Å². The summed E-state index contributed by atoms with van der Waals surface area (Å²) in [5, 5.41) is 2.41. The fourth-order valence-electron chi connectivity index (χ4n) is 0.814. The quantitative estimate of drug-likeness (QED) is 0.729. The molecule has 0 aromatic rings. The number of methoxy groups -OCH3 is 1. The minimum absolute atomic E-state index is 0.196. The molecule has 0 fully saturated rings. The van der Waals surface area contributed by atoms with Gasteiger partial charge in [0.25, 0.3) is 0 Å². The standard InChI is InChI=1S/C8H16F3NO/c1-6(2)4-12-7(5-13-3)8(9,10)11/h6-7,12H,4-5H2,1-3H3. The van der Waals surface area contributed by atoms with Gasteiger partial charge in [0.05, 0.1) is 6.61 Å². The number of ether oxygens (including phenoxy) is 1. The minimum Gasteiger partial charge on any atom is -0.383 e. The number of rotatable bonds is 5. The molecule has 0 bridgehead atoms. The van der Waals surface area contributed by atoms with Gasteiger partial charge in [-0.1, -0.05) is 13.8 Å². The van der Waals surface area contributed by atoms with E-state index in [1.165, 1.54) is 7.11 Å². The minimum atomic E-state index is -4.23. The maximum Gasteiger partial charge on any atom is 0.406 e. The van der Waals surface area contributed by atoms with Gasteiger partial charge in [0.2, 0.25) is 0 Å². The number of hydrogen-bond donors (Lipinski definition) is 1. The Labute approximate surface area is 76.5 Å². The third-order valence-electron chi connectivity index (χ3n) is 1.50. The van der Waals surface area contributed by atoms with Crippen LogP contribution in [0.25, 0.3) is 0 Å². The third kappa shape index (κ3) is 5.87. The predicted octanol–water partition coefficient (Wildman–Crippen LogP) is 1.81. The Hall–Kier alpha value is -0.290. The van der Waals surface area contributed by atoms with Crippen LogP contribution >= 0.6 is 0 Å². The fraction of sp³-hybridized carbons (Fsp3) is 1.00. The van der Waals surface area contributed by atoms with E-state index in [4.69, 9.17) is 0 Å². The zero-order chi connectivity index (χ0) is 10.5. The molecule has 0 heterocycles. The molecule has 0 aromatic carbocycles. The van der Waals surface area contributed by atoms with E-state index in [0.717, 1.165) is 0 Å². The Morgan fingerprint density at radius 1 is 1.31 bits per heavy atom. The smallest absolute Gasteiger partial charge is 0.383 e. The van der Waals surface area contributed by atoms with Crippen molar-refractivity contribution >= 4 is 0 Å². The van der Waals surface area contributed by atoms with Crippen molar-refractivity contribution in [3.63, 3.8) is 0 Å². The van der Waals surface area contributed by atoms with Crippen LogP contribution < -0.4 is 5.32 Å². The van der Waals surface area contributed by atoms with Gasteiger partial charge in [0.1, 0.15) is 6.04 Å². The average Bonchev–Trinajstić information content (AvgIpc) is 1.95. The monoisotopic (exact) mass is 199 g/mol. The van der Waals surface area contributed by atoms with E-state index in [1.54, 1.807) is 0 Å². The second kappa shape index (κ2) is 5.44. The molecule has 1 unspecified atom stereocenters. The first-order chi connectivity index (χ1) is 5.88. The first kappa shape index (κ1) is 12.7. The first-order valence-electron chi connectivity index (χ1n) is 4.17. The van der Waals surface area contributed by atoms with Crippen LogP contribution in [-0.4, -0.2) is 32.5 Å². The molecule has 1 N–H and O–H groups in total. The molecule has 1 atom stereocenters. The SMILES string of the molecule is COCC(NCC(C)C)C(F)(F)F. The second-order valence-corrected chi connectivity index (χ2v) is 3.35. The lowest BCUT2D eigenvalue weighted by molar-refractivity contribution is -0.166. The fourth-order valence-corrected chi connectivity index (χ4v) is 0.814. The molecule has 13 heavy (non-hydrogen) atoms. The van der Waals surface area contributed by atoms with E-state index in [1.807, 2.05) is 13.8 Å². The van der Waals surface area contributed by atoms with Crippen molar-refractivity contribution in [1.82, 2.24) is 5.32 Å². The van der Waals surface area contributed by atoms with Crippen LogP contribution in [0.15, 0.2) is 0 Å². The van der Waals surface area contributed by atoms with E-state index >= 15 is 0 Å². The summed E-state index contributed by atoms with van der Waals surface area (Å²) in [5.41, 5.74) is 0. The maximum absolute atomic E-state index is 12.2. The van der Waals surface area contributed by atoms with Crippen LogP contribution in [0.3, 0.4) is 0 Å². The van der Waals surface area contributed by atoms with E-state index in [0.29, 0.717) is 6.54 Å². The molecule has 2 nitrogen and oxygen atoms in total. The number of alkyl halides is 3. The number of hydrogen-bond acceptors (Lipinski definition) is 2. The van der Waals surface area contributed by atoms with Crippen LogP contribution in [0.5, 0.6) is 0 Å². The lowest BCUT2D eigenvalue weighted by Crippen LogP contribution is -2.46. The molecular weight excluding hydrogens is 183 g/mol. The molecule has 0 aliphatic rings. The summed E-state index contributed by atoms with van der Waals surface area (Å²) >= 11 is 0. The Kier molecular flexibility index (Phi) is 5.32. The summed E-state index contributed by atoms with van der Waals surface area (Å²) in [7, 11) is 1.26. The molecule has 0 saturated heterocycles. The van der Waals surface area contributed by atoms with Gasteiger partial charge in [-0.05, 0) is 12.5 Å². The molecule has 0 radical (unpaired) electrons. The molecule has 0 aliphatic heterocycles. The summed E-state index contributed by atoms with van der Waals surface area (Å²) in [6.07, 6.45) is -4.23. The largest absolute Gasteiger partial charge is 0.406 e. The zero-order valence-electron chi connectivity index (χ0n) is 8.11. The Morgan fingerprint density at radius 3 is 2.15 bits per heavy atom. The number of halogens is 3. The van der Waals surface area contributed by atoms with Gasteiger partial charge in [-0.15, -0.1) is 0 Å². The van der Waals surface area contributed by atoms with Crippen molar-refractivity contribution in [2.45, 2.75) is 26.1 Å². The van der Waals surface area contributed by atoms with Gasteiger partial charge in [0.15, 0.2) is 0 Å². The summed E-state index contributed by atoms with van der Waals surface area (Å²) in [6.45, 7) is 3.71. The predicted molar refractivity (Wildman–Crippen MR) is 44.6 cm³/mol.